The lowest BCUT2D eigenvalue weighted by molar-refractivity contribution is -0.117. The van der Waals surface area contributed by atoms with Crippen LogP contribution in [-0.4, -0.2) is 36.6 Å². The Labute approximate surface area is 99.0 Å². The third-order valence-corrected chi connectivity index (χ3v) is 2.75. The molecule has 0 aliphatic carbocycles. The molecule has 1 atom stereocenters. The molecule has 2 N–H and O–H groups in total. The third kappa shape index (κ3) is 2.29. The number of aliphatic hydroxyl groups is 1. The molecule has 1 heterocycles. The summed E-state index contributed by atoms with van der Waals surface area (Å²) in [5.41, 5.74) is 1.15. The Bertz CT molecular complexity index is 459. The molecule has 0 bridgehead atoms. The number of hydrogen-bond acceptors (Lipinski definition) is 3. The Balaban J connectivity index is 2.27. The summed E-state index contributed by atoms with van der Waals surface area (Å²) in [5, 5.41) is 11.9. The van der Waals surface area contributed by atoms with Gasteiger partial charge in [0.05, 0.1) is 19.1 Å². The summed E-state index contributed by atoms with van der Waals surface area (Å²) >= 11 is 0. The summed E-state index contributed by atoms with van der Waals surface area (Å²) in [6.45, 7) is 0.288. The van der Waals surface area contributed by atoms with Gasteiger partial charge in [0.25, 0.3) is 5.91 Å². The number of nitrogens with one attached hydrogen (secondary N) is 1. The Morgan fingerprint density at radius 3 is 2.88 bits per heavy atom. The van der Waals surface area contributed by atoms with E-state index in [1.807, 2.05) is 0 Å². The molecule has 1 aromatic rings. The minimum absolute atomic E-state index is 0.119. The van der Waals surface area contributed by atoms with Gasteiger partial charge in [-0.1, -0.05) is 6.07 Å². The number of amides is 2. The topological polar surface area (TPSA) is 69.6 Å². The highest BCUT2D eigenvalue weighted by Gasteiger charge is 2.29. The molecule has 1 aliphatic rings. The van der Waals surface area contributed by atoms with Gasteiger partial charge in [-0.3, -0.25) is 9.59 Å². The SMILES string of the molecule is CNC(=O)c1cccc(N2CC(O)CC2=O)c1. The standard InChI is InChI=1S/C12H14N2O3/c1-13-12(17)8-3-2-4-9(5-8)14-7-10(15)6-11(14)16/h2-5,10,15H,6-7H2,1H3,(H,13,17). The normalized spacial score (nSPS) is 19.5. The molecule has 2 rings (SSSR count). The molecule has 1 aliphatic heterocycles. The number of anilines is 1. The molecule has 1 aromatic carbocycles. The zero-order chi connectivity index (χ0) is 12.4. The summed E-state index contributed by atoms with van der Waals surface area (Å²) in [4.78, 5) is 24.6. The first-order valence-corrected chi connectivity index (χ1v) is 5.42. The largest absolute Gasteiger partial charge is 0.391 e. The van der Waals surface area contributed by atoms with E-state index in [1.165, 1.54) is 4.90 Å². The Morgan fingerprint density at radius 2 is 2.29 bits per heavy atom. The van der Waals surface area contributed by atoms with E-state index in [4.69, 9.17) is 0 Å². The lowest BCUT2D eigenvalue weighted by Gasteiger charge is -2.16. The fourth-order valence-electron chi connectivity index (χ4n) is 1.90. The lowest BCUT2D eigenvalue weighted by atomic mass is 10.2. The van der Waals surface area contributed by atoms with Crippen LogP contribution in [0.2, 0.25) is 0 Å². The predicted octanol–water partition coefficient (Wildman–Crippen LogP) is 0.144. The maximum Gasteiger partial charge on any atom is 0.251 e. The molecule has 0 radical (unpaired) electrons. The van der Waals surface area contributed by atoms with Gasteiger partial charge >= 0.3 is 0 Å². The van der Waals surface area contributed by atoms with Crippen LogP contribution in [-0.2, 0) is 4.79 Å². The fraction of sp³-hybridized carbons (Fsp3) is 0.333. The second-order valence-electron chi connectivity index (χ2n) is 3.99. The van der Waals surface area contributed by atoms with Gasteiger partial charge in [-0.2, -0.15) is 0 Å². The number of carbonyl (C=O) groups excluding carboxylic acids is 2. The highest BCUT2D eigenvalue weighted by Crippen LogP contribution is 2.22. The van der Waals surface area contributed by atoms with Crippen molar-refractivity contribution in [3.8, 4) is 0 Å². The van der Waals surface area contributed by atoms with Crippen molar-refractivity contribution in [1.29, 1.82) is 0 Å². The van der Waals surface area contributed by atoms with Crippen molar-refractivity contribution in [2.75, 3.05) is 18.5 Å². The second-order valence-corrected chi connectivity index (χ2v) is 3.99. The van der Waals surface area contributed by atoms with E-state index in [-0.39, 0.29) is 24.8 Å². The quantitative estimate of drug-likeness (QED) is 0.765. The van der Waals surface area contributed by atoms with Gasteiger partial charge in [0.2, 0.25) is 5.91 Å². The van der Waals surface area contributed by atoms with Crippen LogP contribution in [0.5, 0.6) is 0 Å². The minimum Gasteiger partial charge on any atom is -0.391 e. The van der Waals surface area contributed by atoms with Gasteiger partial charge in [-0.15, -0.1) is 0 Å². The van der Waals surface area contributed by atoms with Gasteiger partial charge in [-0.25, -0.2) is 0 Å². The molecular weight excluding hydrogens is 220 g/mol. The van der Waals surface area contributed by atoms with Crippen LogP contribution in [0.4, 0.5) is 5.69 Å². The molecule has 90 valence electrons. The van der Waals surface area contributed by atoms with E-state index in [1.54, 1.807) is 31.3 Å². The van der Waals surface area contributed by atoms with E-state index < -0.39 is 6.10 Å². The van der Waals surface area contributed by atoms with Crippen molar-refractivity contribution >= 4 is 17.5 Å². The van der Waals surface area contributed by atoms with Crippen LogP contribution in [0.3, 0.4) is 0 Å². The number of nitrogens with zero attached hydrogens (tertiary/aromatic N) is 1. The van der Waals surface area contributed by atoms with Crippen LogP contribution in [0.15, 0.2) is 24.3 Å². The van der Waals surface area contributed by atoms with Gasteiger partial charge in [-0.05, 0) is 18.2 Å². The van der Waals surface area contributed by atoms with Crippen molar-refractivity contribution in [1.82, 2.24) is 5.32 Å². The number of hydrogen-bond donors (Lipinski definition) is 2. The van der Waals surface area contributed by atoms with E-state index >= 15 is 0 Å². The summed E-state index contributed by atoms with van der Waals surface area (Å²) in [5.74, 6) is -0.314. The number of benzene rings is 1. The molecule has 1 fully saturated rings. The molecule has 2 amide bonds. The molecular formula is C12H14N2O3. The van der Waals surface area contributed by atoms with Gasteiger partial charge in [0.1, 0.15) is 0 Å². The van der Waals surface area contributed by atoms with Crippen molar-refractivity contribution in [3.63, 3.8) is 0 Å². The van der Waals surface area contributed by atoms with E-state index in [0.29, 0.717) is 11.3 Å². The van der Waals surface area contributed by atoms with Gasteiger partial charge in [0.15, 0.2) is 0 Å². The summed E-state index contributed by atoms with van der Waals surface area (Å²) < 4.78 is 0. The van der Waals surface area contributed by atoms with Crippen LogP contribution in [0.25, 0.3) is 0 Å². The molecule has 5 nitrogen and oxygen atoms in total. The Morgan fingerprint density at radius 1 is 1.53 bits per heavy atom. The monoisotopic (exact) mass is 234 g/mol. The summed E-state index contributed by atoms with van der Waals surface area (Å²) in [6.07, 6.45) is -0.476. The highest BCUT2D eigenvalue weighted by atomic mass is 16.3. The van der Waals surface area contributed by atoms with Crippen molar-refractivity contribution in [2.24, 2.45) is 0 Å². The average Bonchev–Trinajstić information content (AvgIpc) is 2.67. The van der Waals surface area contributed by atoms with Crippen LogP contribution in [0, 0.1) is 0 Å². The van der Waals surface area contributed by atoms with Crippen molar-refractivity contribution < 1.29 is 14.7 Å². The number of rotatable bonds is 2. The first kappa shape index (κ1) is 11.6. The molecule has 0 saturated carbocycles. The van der Waals surface area contributed by atoms with Crippen molar-refractivity contribution in [3.05, 3.63) is 29.8 Å². The molecule has 5 heteroatoms. The molecule has 17 heavy (non-hydrogen) atoms. The average molecular weight is 234 g/mol. The smallest absolute Gasteiger partial charge is 0.251 e. The maximum absolute atomic E-state index is 11.6. The van der Waals surface area contributed by atoms with Crippen LogP contribution < -0.4 is 10.2 Å². The molecule has 0 aromatic heterocycles. The zero-order valence-corrected chi connectivity index (χ0v) is 9.51. The highest BCUT2D eigenvalue weighted by molar-refractivity contribution is 5.99. The van der Waals surface area contributed by atoms with Crippen LogP contribution >= 0.6 is 0 Å². The maximum atomic E-state index is 11.6. The minimum atomic E-state index is -0.619. The fourth-order valence-corrected chi connectivity index (χ4v) is 1.90. The molecule has 1 unspecified atom stereocenters. The zero-order valence-electron chi connectivity index (χ0n) is 9.51. The first-order valence-electron chi connectivity index (χ1n) is 5.42. The predicted molar refractivity (Wildman–Crippen MR) is 62.8 cm³/mol. The summed E-state index contributed by atoms with van der Waals surface area (Å²) in [7, 11) is 1.56. The second kappa shape index (κ2) is 4.55. The Kier molecular flexibility index (Phi) is 3.10. The summed E-state index contributed by atoms with van der Waals surface area (Å²) in [6, 6.07) is 6.80. The number of carbonyl (C=O) groups is 2. The third-order valence-electron chi connectivity index (χ3n) is 2.75. The first-order chi connectivity index (χ1) is 8.11. The van der Waals surface area contributed by atoms with Gasteiger partial charge in [0, 0.05) is 18.3 Å². The number of β-amino-alcohol motifs (C(OH)–C–C–N with tert-alkyl or cyclic N) is 1. The van der Waals surface area contributed by atoms with E-state index in [2.05, 4.69) is 5.32 Å². The molecule has 1 saturated heterocycles. The lowest BCUT2D eigenvalue weighted by Crippen LogP contribution is -2.26. The number of aliphatic hydroxyl groups excluding tert-OH is 1. The molecule has 0 spiro atoms. The van der Waals surface area contributed by atoms with E-state index in [0.717, 1.165) is 0 Å². The Hall–Kier alpha value is -1.88. The van der Waals surface area contributed by atoms with E-state index in [9.17, 15) is 14.7 Å². The van der Waals surface area contributed by atoms with Crippen molar-refractivity contribution in [2.45, 2.75) is 12.5 Å². The van der Waals surface area contributed by atoms with Gasteiger partial charge < -0.3 is 15.3 Å². The van der Waals surface area contributed by atoms with Crippen LogP contribution in [0.1, 0.15) is 16.8 Å².